The number of hydrogen-bond acceptors (Lipinski definition) is 3. The van der Waals surface area contributed by atoms with Crippen molar-refractivity contribution >= 4 is 5.91 Å². The number of alkyl halides is 3. The minimum absolute atomic E-state index is 0.00667. The number of halogens is 3. The SMILES string of the molecule is CC(C)NC(C)(CCN(CC(F)(F)F)C1CC1)C(N)=O. The zero-order valence-corrected chi connectivity index (χ0v) is 12.3. The van der Waals surface area contributed by atoms with Crippen LogP contribution >= 0.6 is 0 Å². The summed E-state index contributed by atoms with van der Waals surface area (Å²) in [6.07, 6.45) is -2.35. The van der Waals surface area contributed by atoms with Gasteiger partial charge >= 0.3 is 6.18 Å². The fourth-order valence-corrected chi connectivity index (χ4v) is 2.33. The van der Waals surface area contributed by atoms with E-state index >= 15 is 0 Å². The van der Waals surface area contributed by atoms with Crippen molar-refractivity contribution in [3.63, 3.8) is 0 Å². The van der Waals surface area contributed by atoms with Crippen LogP contribution in [0.5, 0.6) is 0 Å². The summed E-state index contributed by atoms with van der Waals surface area (Å²) in [5.74, 6) is -0.533. The minimum atomic E-state index is -4.21. The van der Waals surface area contributed by atoms with Crippen LogP contribution in [0.15, 0.2) is 0 Å². The number of carbonyl (C=O) groups is 1. The van der Waals surface area contributed by atoms with Crippen LogP contribution in [0.2, 0.25) is 0 Å². The predicted octanol–water partition coefficient (Wildman–Crippen LogP) is 1.65. The number of hydrogen-bond donors (Lipinski definition) is 2. The molecule has 20 heavy (non-hydrogen) atoms. The fourth-order valence-electron chi connectivity index (χ4n) is 2.33. The Morgan fingerprint density at radius 1 is 1.40 bits per heavy atom. The Kier molecular flexibility index (Phi) is 5.43. The van der Waals surface area contributed by atoms with Gasteiger partial charge in [-0.1, -0.05) is 0 Å². The third-order valence-corrected chi connectivity index (χ3v) is 3.50. The van der Waals surface area contributed by atoms with Crippen molar-refractivity contribution in [1.82, 2.24) is 10.2 Å². The molecule has 0 heterocycles. The van der Waals surface area contributed by atoms with Gasteiger partial charge in [-0.2, -0.15) is 13.2 Å². The number of carbonyl (C=O) groups excluding carboxylic acids is 1. The number of amides is 1. The highest BCUT2D eigenvalue weighted by molar-refractivity contribution is 5.84. The third-order valence-electron chi connectivity index (χ3n) is 3.50. The highest BCUT2D eigenvalue weighted by Gasteiger charge is 2.40. The van der Waals surface area contributed by atoms with Crippen LogP contribution in [0.1, 0.15) is 40.0 Å². The Bertz CT molecular complexity index is 342. The Labute approximate surface area is 117 Å². The van der Waals surface area contributed by atoms with Crippen molar-refractivity contribution in [2.75, 3.05) is 13.1 Å². The van der Waals surface area contributed by atoms with Crippen LogP contribution < -0.4 is 11.1 Å². The smallest absolute Gasteiger partial charge is 0.368 e. The quantitative estimate of drug-likeness (QED) is 0.716. The van der Waals surface area contributed by atoms with Crippen LogP contribution in [0.4, 0.5) is 13.2 Å². The molecule has 1 aliphatic rings. The van der Waals surface area contributed by atoms with Gasteiger partial charge in [-0.3, -0.25) is 9.69 Å². The Morgan fingerprint density at radius 2 is 1.95 bits per heavy atom. The lowest BCUT2D eigenvalue weighted by Gasteiger charge is -2.33. The standard InChI is InChI=1S/C13H24F3N3O/c1-9(2)18-12(3,11(17)20)6-7-19(10-4-5-10)8-13(14,15)16/h9-10,18H,4-8H2,1-3H3,(H2,17,20). The number of nitrogens with zero attached hydrogens (tertiary/aromatic N) is 1. The van der Waals surface area contributed by atoms with E-state index in [0.29, 0.717) is 0 Å². The van der Waals surface area contributed by atoms with Gasteiger partial charge in [0.05, 0.1) is 12.1 Å². The van der Waals surface area contributed by atoms with Gasteiger partial charge in [-0.05, 0) is 40.0 Å². The molecular formula is C13H24F3N3O. The molecule has 7 heteroatoms. The van der Waals surface area contributed by atoms with E-state index in [4.69, 9.17) is 5.73 Å². The Morgan fingerprint density at radius 3 is 2.30 bits per heavy atom. The maximum absolute atomic E-state index is 12.5. The van der Waals surface area contributed by atoms with Crippen molar-refractivity contribution in [3.8, 4) is 0 Å². The van der Waals surface area contributed by atoms with Gasteiger partial charge in [0.1, 0.15) is 0 Å². The lowest BCUT2D eigenvalue weighted by molar-refractivity contribution is -0.148. The van der Waals surface area contributed by atoms with E-state index in [1.807, 2.05) is 13.8 Å². The molecule has 0 aromatic heterocycles. The highest BCUT2D eigenvalue weighted by Crippen LogP contribution is 2.30. The average molecular weight is 295 g/mol. The number of nitrogens with one attached hydrogen (secondary N) is 1. The normalized spacial score (nSPS) is 19.4. The first-order chi connectivity index (χ1) is 9.03. The Hall–Kier alpha value is -0.820. The molecular weight excluding hydrogens is 271 g/mol. The minimum Gasteiger partial charge on any atom is -0.368 e. The summed E-state index contributed by atoms with van der Waals surface area (Å²) >= 11 is 0. The molecule has 0 spiro atoms. The average Bonchev–Trinajstić information content (AvgIpc) is 3.05. The molecule has 0 bridgehead atoms. The second-order valence-corrected chi connectivity index (χ2v) is 6.06. The first kappa shape index (κ1) is 17.2. The number of primary amides is 1. The lowest BCUT2D eigenvalue weighted by atomic mass is 9.95. The molecule has 4 nitrogen and oxygen atoms in total. The molecule has 0 aromatic rings. The summed E-state index contributed by atoms with van der Waals surface area (Å²) in [7, 11) is 0. The van der Waals surface area contributed by atoms with Gasteiger partial charge in [0.2, 0.25) is 5.91 Å². The summed E-state index contributed by atoms with van der Waals surface area (Å²) in [5.41, 5.74) is 4.40. The van der Waals surface area contributed by atoms with Gasteiger partial charge in [0.25, 0.3) is 0 Å². The zero-order valence-electron chi connectivity index (χ0n) is 12.3. The van der Waals surface area contributed by atoms with E-state index in [-0.39, 0.29) is 25.0 Å². The van der Waals surface area contributed by atoms with Crippen molar-refractivity contribution in [1.29, 1.82) is 0 Å². The summed E-state index contributed by atoms with van der Waals surface area (Å²) < 4.78 is 37.6. The first-order valence-electron chi connectivity index (χ1n) is 6.92. The van der Waals surface area contributed by atoms with Crippen molar-refractivity contribution in [2.24, 2.45) is 5.73 Å². The number of nitrogens with two attached hydrogens (primary N) is 1. The van der Waals surface area contributed by atoms with Gasteiger partial charge in [-0.15, -0.1) is 0 Å². The molecule has 1 amide bonds. The van der Waals surface area contributed by atoms with Crippen LogP contribution in [0.25, 0.3) is 0 Å². The maximum atomic E-state index is 12.5. The van der Waals surface area contributed by atoms with E-state index in [1.165, 1.54) is 4.90 Å². The van der Waals surface area contributed by atoms with Gasteiger partial charge in [-0.25, -0.2) is 0 Å². The van der Waals surface area contributed by atoms with Crippen LogP contribution in [-0.4, -0.2) is 47.7 Å². The van der Waals surface area contributed by atoms with Crippen LogP contribution in [0.3, 0.4) is 0 Å². The second-order valence-electron chi connectivity index (χ2n) is 6.06. The molecule has 0 radical (unpaired) electrons. The van der Waals surface area contributed by atoms with Gasteiger partial charge in [0, 0.05) is 18.6 Å². The van der Waals surface area contributed by atoms with Crippen LogP contribution in [-0.2, 0) is 4.79 Å². The van der Waals surface area contributed by atoms with Gasteiger partial charge in [0.15, 0.2) is 0 Å². The molecule has 1 atom stereocenters. The summed E-state index contributed by atoms with van der Waals surface area (Å²) in [4.78, 5) is 13.0. The molecule has 3 N–H and O–H groups in total. The predicted molar refractivity (Wildman–Crippen MR) is 71.1 cm³/mol. The zero-order chi connectivity index (χ0) is 15.6. The number of rotatable bonds is 8. The van der Waals surface area contributed by atoms with Crippen LogP contribution in [0, 0.1) is 0 Å². The van der Waals surface area contributed by atoms with Crippen molar-refractivity contribution < 1.29 is 18.0 Å². The molecule has 1 aliphatic carbocycles. The van der Waals surface area contributed by atoms with Gasteiger partial charge < -0.3 is 11.1 Å². The summed E-state index contributed by atoms with van der Waals surface area (Å²) in [6, 6.07) is 0.0253. The largest absolute Gasteiger partial charge is 0.401 e. The van der Waals surface area contributed by atoms with Crippen molar-refractivity contribution in [2.45, 2.75) is 63.8 Å². The maximum Gasteiger partial charge on any atom is 0.401 e. The Balaban J connectivity index is 2.61. The molecule has 1 fully saturated rings. The molecule has 1 rings (SSSR count). The van der Waals surface area contributed by atoms with E-state index in [2.05, 4.69) is 5.32 Å². The van der Waals surface area contributed by atoms with E-state index in [9.17, 15) is 18.0 Å². The monoisotopic (exact) mass is 295 g/mol. The highest BCUT2D eigenvalue weighted by atomic mass is 19.4. The molecule has 118 valence electrons. The molecule has 0 aliphatic heterocycles. The molecule has 0 saturated heterocycles. The summed E-state index contributed by atoms with van der Waals surface area (Å²) in [5, 5.41) is 3.05. The molecule has 1 saturated carbocycles. The molecule has 0 aromatic carbocycles. The van der Waals surface area contributed by atoms with E-state index < -0.39 is 24.2 Å². The molecule has 1 unspecified atom stereocenters. The first-order valence-corrected chi connectivity index (χ1v) is 6.92. The summed E-state index contributed by atoms with van der Waals surface area (Å²) in [6.45, 7) is 4.68. The van der Waals surface area contributed by atoms with E-state index in [1.54, 1.807) is 6.92 Å². The fraction of sp³-hybridized carbons (Fsp3) is 0.923. The lowest BCUT2D eigenvalue weighted by Crippen LogP contribution is -2.57. The third kappa shape index (κ3) is 5.66. The van der Waals surface area contributed by atoms with Crippen molar-refractivity contribution in [3.05, 3.63) is 0 Å². The van der Waals surface area contributed by atoms with E-state index in [0.717, 1.165) is 12.8 Å². The second kappa shape index (κ2) is 6.30. The topological polar surface area (TPSA) is 58.4 Å².